The molecule has 0 aliphatic heterocycles. The lowest BCUT2D eigenvalue weighted by atomic mass is 10.1. The van der Waals surface area contributed by atoms with Gasteiger partial charge in [-0.2, -0.15) is 0 Å². The SMILES string of the molecule is Cn1cnnc1CSc1ccc(CNC(C)(C)C)cc1. The summed E-state index contributed by atoms with van der Waals surface area (Å²) in [7, 11) is 1.97. The summed E-state index contributed by atoms with van der Waals surface area (Å²) in [4.78, 5) is 1.26. The largest absolute Gasteiger partial charge is 0.320 e. The third-order valence-electron chi connectivity index (χ3n) is 2.92. The molecule has 2 aromatic rings. The van der Waals surface area contributed by atoms with E-state index in [0.717, 1.165) is 18.1 Å². The lowest BCUT2D eigenvalue weighted by Gasteiger charge is -2.20. The van der Waals surface area contributed by atoms with Gasteiger partial charge in [-0.05, 0) is 38.5 Å². The molecule has 0 radical (unpaired) electrons. The molecule has 0 amide bonds. The fourth-order valence-corrected chi connectivity index (χ4v) is 2.54. The van der Waals surface area contributed by atoms with Crippen molar-refractivity contribution in [1.82, 2.24) is 20.1 Å². The molecule has 0 aliphatic rings. The van der Waals surface area contributed by atoms with Crippen LogP contribution in [0.1, 0.15) is 32.2 Å². The molecular weight excluding hydrogens is 268 g/mol. The summed E-state index contributed by atoms with van der Waals surface area (Å²) in [5.41, 5.74) is 1.46. The summed E-state index contributed by atoms with van der Waals surface area (Å²) in [6, 6.07) is 8.69. The molecule has 0 unspecified atom stereocenters. The molecule has 1 heterocycles. The number of aromatic nitrogens is 3. The van der Waals surface area contributed by atoms with Crippen molar-refractivity contribution in [3.8, 4) is 0 Å². The van der Waals surface area contributed by atoms with Crippen molar-refractivity contribution in [2.24, 2.45) is 7.05 Å². The van der Waals surface area contributed by atoms with Crippen LogP contribution in [0.15, 0.2) is 35.5 Å². The first-order valence-corrected chi connectivity index (χ1v) is 7.72. The average Bonchev–Trinajstić information content (AvgIpc) is 2.80. The predicted octanol–water partition coefficient (Wildman–Crippen LogP) is 3.00. The van der Waals surface area contributed by atoms with Gasteiger partial charge in [0, 0.05) is 24.0 Å². The standard InChI is InChI=1S/C15H22N4S/c1-15(2,3)16-9-12-5-7-13(8-6-12)20-10-14-18-17-11-19(14)4/h5-8,11,16H,9-10H2,1-4H3. The van der Waals surface area contributed by atoms with E-state index in [0.29, 0.717) is 0 Å². The molecule has 0 spiro atoms. The van der Waals surface area contributed by atoms with E-state index in [1.54, 1.807) is 18.1 Å². The highest BCUT2D eigenvalue weighted by Gasteiger charge is 2.08. The second-order valence-electron chi connectivity index (χ2n) is 5.89. The first-order valence-electron chi connectivity index (χ1n) is 6.74. The zero-order valence-electron chi connectivity index (χ0n) is 12.6. The molecule has 1 aromatic carbocycles. The third-order valence-corrected chi connectivity index (χ3v) is 3.93. The van der Waals surface area contributed by atoms with Gasteiger partial charge in [0.2, 0.25) is 0 Å². The average molecular weight is 290 g/mol. The summed E-state index contributed by atoms with van der Waals surface area (Å²) in [6.45, 7) is 7.44. The number of hydrogen-bond donors (Lipinski definition) is 1. The highest BCUT2D eigenvalue weighted by Crippen LogP contribution is 2.22. The van der Waals surface area contributed by atoms with E-state index in [9.17, 15) is 0 Å². The molecule has 2 rings (SSSR count). The number of aryl methyl sites for hydroxylation is 1. The van der Waals surface area contributed by atoms with Crippen LogP contribution in [0.5, 0.6) is 0 Å². The van der Waals surface area contributed by atoms with Gasteiger partial charge in [-0.25, -0.2) is 0 Å². The Morgan fingerprint density at radius 2 is 1.90 bits per heavy atom. The number of nitrogens with one attached hydrogen (secondary N) is 1. The molecule has 1 aromatic heterocycles. The minimum absolute atomic E-state index is 0.151. The van der Waals surface area contributed by atoms with Crippen LogP contribution < -0.4 is 5.32 Å². The summed E-state index contributed by atoms with van der Waals surface area (Å²) >= 11 is 1.78. The Balaban J connectivity index is 1.87. The smallest absolute Gasteiger partial charge is 0.142 e. The predicted molar refractivity (Wildman–Crippen MR) is 83.6 cm³/mol. The normalized spacial score (nSPS) is 11.8. The van der Waals surface area contributed by atoms with Gasteiger partial charge in [-0.3, -0.25) is 0 Å². The van der Waals surface area contributed by atoms with Gasteiger partial charge >= 0.3 is 0 Å². The van der Waals surface area contributed by atoms with Crippen molar-refractivity contribution in [3.05, 3.63) is 42.0 Å². The van der Waals surface area contributed by atoms with Crippen LogP contribution in [0.4, 0.5) is 0 Å². The molecule has 0 bridgehead atoms. The number of benzene rings is 1. The van der Waals surface area contributed by atoms with E-state index < -0.39 is 0 Å². The first-order chi connectivity index (χ1) is 9.44. The van der Waals surface area contributed by atoms with Gasteiger partial charge < -0.3 is 9.88 Å². The highest BCUT2D eigenvalue weighted by atomic mass is 32.2. The molecule has 4 nitrogen and oxygen atoms in total. The highest BCUT2D eigenvalue weighted by molar-refractivity contribution is 7.98. The molecule has 0 atom stereocenters. The van der Waals surface area contributed by atoms with Crippen LogP contribution in [-0.2, 0) is 19.3 Å². The van der Waals surface area contributed by atoms with Crippen molar-refractivity contribution in [1.29, 1.82) is 0 Å². The van der Waals surface area contributed by atoms with Crippen LogP contribution in [0.3, 0.4) is 0 Å². The molecule has 5 heteroatoms. The summed E-state index contributed by atoms with van der Waals surface area (Å²) in [6.07, 6.45) is 1.73. The molecule has 0 fully saturated rings. The van der Waals surface area contributed by atoms with Gasteiger partial charge in [-0.15, -0.1) is 22.0 Å². The van der Waals surface area contributed by atoms with Crippen molar-refractivity contribution in [2.45, 2.75) is 43.5 Å². The zero-order valence-corrected chi connectivity index (χ0v) is 13.4. The van der Waals surface area contributed by atoms with Crippen LogP contribution in [0.25, 0.3) is 0 Å². The minimum Gasteiger partial charge on any atom is -0.320 e. The second-order valence-corrected chi connectivity index (χ2v) is 6.94. The van der Waals surface area contributed by atoms with Crippen molar-refractivity contribution >= 4 is 11.8 Å². The van der Waals surface area contributed by atoms with Gasteiger partial charge in [0.15, 0.2) is 0 Å². The van der Waals surface area contributed by atoms with E-state index in [2.05, 4.69) is 60.6 Å². The van der Waals surface area contributed by atoms with Crippen molar-refractivity contribution in [3.63, 3.8) is 0 Å². The van der Waals surface area contributed by atoms with E-state index in [-0.39, 0.29) is 5.54 Å². The Labute approximate surface area is 125 Å². The summed E-state index contributed by atoms with van der Waals surface area (Å²) < 4.78 is 1.95. The van der Waals surface area contributed by atoms with Crippen molar-refractivity contribution in [2.75, 3.05) is 0 Å². The molecule has 108 valence electrons. The Kier molecular flexibility index (Phi) is 4.83. The zero-order chi connectivity index (χ0) is 14.6. The molecular formula is C15H22N4S. The molecule has 20 heavy (non-hydrogen) atoms. The van der Waals surface area contributed by atoms with Crippen molar-refractivity contribution < 1.29 is 0 Å². The van der Waals surface area contributed by atoms with E-state index >= 15 is 0 Å². The lowest BCUT2D eigenvalue weighted by Crippen LogP contribution is -2.35. The monoisotopic (exact) mass is 290 g/mol. The van der Waals surface area contributed by atoms with Gasteiger partial charge in [-0.1, -0.05) is 12.1 Å². The minimum atomic E-state index is 0.151. The first kappa shape index (κ1) is 15.1. The fraction of sp³-hybridized carbons (Fsp3) is 0.467. The van der Waals surface area contributed by atoms with E-state index in [1.165, 1.54) is 10.5 Å². The van der Waals surface area contributed by atoms with E-state index in [1.807, 2.05) is 11.6 Å². The Morgan fingerprint density at radius 3 is 2.45 bits per heavy atom. The number of rotatable bonds is 5. The van der Waals surface area contributed by atoms with E-state index in [4.69, 9.17) is 0 Å². The van der Waals surface area contributed by atoms with Crippen LogP contribution in [0, 0.1) is 0 Å². The number of hydrogen-bond acceptors (Lipinski definition) is 4. The topological polar surface area (TPSA) is 42.7 Å². The van der Waals surface area contributed by atoms with Crippen LogP contribution in [-0.4, -0.2) is 20.3 Å². The second kappa shape index (κ2) is 6.41. The quantitative estimate of drug-likeness (QED) is 0.860. The molecule has 1 N–H and O–H groups in total. The Bertz CT molecular complexity index is 540. The molecule has 0 saturated heterocycles. The van der Waals surface area contributed by atoms with Gasteiger partial charge in [0.1, 0.15) is 12.2 Å². The van der Waals surface area contributed by atoms with Crippen LogP contribution >= 0.6 is 11.8 Å². The van der Waals surface area contributed by atoms with Gasteiger partial charge in [0.05, 0.1) is 5.75 Å². The lowest BCUT2D eigenvalue weighted by molar-refractivity contribution is 0.424. The maximum absolute atomic E-state index is 4.09. The maximum atomic E-state index is 4.09. The Hall–Kier alpha value is -1.33. The van der Waals surface area contributed by atoms with Crippen LogP contribution in [0.2, 0.25) is 0 Å². The number of thioether (sulfide) groups is 1. The molecule has 0 saturated carbocycles. The van der Waals surface area contributed by atoms with Gasteiger partial charge in [0.25, 0.3) is 0 Å². The number of nitrogens with zero attached hydrogens (tertiary/aromatic N) is 3. The molecule has 0 aliphatic carbocycles. The Morgan fingerprint density at radius 1 is 1.20 bits per heavy atom. The maximum Gasteiger partial charge on any atom is 0.142 e. The third kappa shape index (κ3) is 4.65. The summed E-state index contributed by atoms with van der Waals surface area (Å²) in [5, 5.41) is 11.5. The fourth-order valence-electron chi connectivity index (χ4n) is 1.66. The summed E-state index contributed by atoms with van der Waals surface area (Å²) in [5.74, 6) is 1.84.